The number of rotatable bonds is 13. The van der Waals surface area contributed by atoms with Gasteiger partial charge in [-0.05, 0) is 63.0 Å². The summed E-state index contributed by atoms with van der Waals surface area (Å²) in [6.07, 6.45) is 0.417. The third kappa shape index (κ3) is 9.23. The van der Waals surface area contributed by atoms with E-state index in [1.165, 1.54) is 4.31 Å². The summed E-state index contributed by atoms with van der Waals surface area (Å²) in [6, 6.07) is 7.53. The van der Waals surface area contributed by atoms with E-state index >= 15 is 0 Å². The molecule has 0 aliphatic carbocycles. The first kappa shape index (κ1) is 32.6. The van der Waals surface area contributed by atoms with Crippen LogP contribution in [0.3, 0.4) is 0 Å². The second-order valence-electron chi connectivity index (χ2n) is 12.8. The van der Waals surface area contributed by atoms with Crippen LogP contribution in [-0.2, 0) is 28.7 Å². The van der Waals surface area contributed by atoms with Crippen molar-refractivity contribution >= 4 is 26.4 Å². The van der Waals surface area contributed by atoms with Crippen molar-refractivity contribution in [2.24, 2.45) is 0 Å². The van der Waals surface area contributed by atoms with Gasteiger partial charge < -0.3 is 18.6 Å². The number of nitrogens with zero attached hydrogens (tertiary/aromatic N) is 1. The van der Waals surface area contributed by atoms with Crippen LogP contribution in [0.25, 0.3) is 0 Å². The Morgan fingerprint density at radius 1 is 1.00 bits per heavy atom. The molecule has 0 aromatic heterocycles. The van der Waals surface area contributed by atoms with Gasteiger partial charge in [0.05, 0.1) is 23.6 Å². The average molecular weight is 574 g/mol. The van der Waals surface area contributed by atoms with Gasteiger partial charge in [-0.15, -0.1) is 0 Å². The van der Waals surface area contributed by atoms with Crippen LogP contribution >= 0.6 is 0 Å². The Hall–Kier alpha value is -0.596. The van der Waals surface area contributed by atoms with E-state index in [0.717, 1.165) is 11.6 Å². The molecular weight excluding hydrogens is 523 g/mol. The van der Waals surface area contributed by atoms with E-state index in [1.807, 2.05) is 26.0 Å². The quantitative estimate of drug-likeness (QED) is 0.158. The summed E-state index contributed by atoms with van der Waals surface area (Å²) in [5, 5.41) is -0.00417. The Balaban J connectivity index is 2.37. The fourth-order valence-corrected chi connectivity index (χ4v) is 7.95. The minimum absolute atomic E-state index is 0.00417. The summed E-state index contributed by atoms with van der Waals surface area (Å²) in [4.78, 5) is 0.257. The Morgan fingerprint density at radius 2 is 1.62 bits per heavy atom. The van der Waals surface area contributed by atoms with Crippen LogP contribution in [0.5, 0.6) is 0 Å². The van der Waals surface area contributed by atoms with Gasteiger partial charge in [0.1, 0.15) is 13.0 Å². The summed E-state index contributed by atoms with van der Waals surface area (Å²) in [6.45, 7) is 23.2. The third-order valence-electron chi connectivity index (χ3n) is 7.40. The van der Waals surface area contributed by atoms with Gasteiger partial charge in [-0.2, -0.15) is 4.31 Å². The summed E-state index contributed by atoms with van der Waals surface area (Å²) in [7, 11) is -7.24. The van der Waals surface area contributed by atoms with Crippen LogP contribution in [0.1, 0.15) is 46.1 Å². The van der Waals surface area contributed by atoms with Gasteiger partial charge in [-0.3, -0.25) is 0 Å². The molecule has 0 N–H and O–H groups in total. The molecule has 7 nitrogen and oxygen atoms in total. The highest BCUT2D eigenvalue weighted by atomic mass is 32.2. The highest BCUT2D eigenvalue weighted by molar-refractivity contribution is 7.89. The second kappa shape index (κ2) is 13.2. The largest absolute Gasteiger partial charge is 0.412 e. The number of hydrogen-bond donors (Lipinski definition) is 0. The van der Waals surface area contributed by atoms with Crippen LogP contribution in [0.2, 0.25) is 43.8 Å². The molecule has 214 valence electrons. The van der Waals surface area contributed by atoms with Crippen LogP contribution in [0, 0.1) is 6.92 Å². The van der Waals surface area contributed by atoms with Crippen molar-refractivity contribution < 1.29 is 27.1 Å². The van der Waals surface area contributed by atoms with E-state index in [0.29, 0.717) is 26.1 Å². The monoisotopic (exact) mass is 573 g/mol. The minimum Gasteiger partial charge on any atom is -0.412 e. The molecule has 1 fully saturated rings. The van der Waals surface area contributed by atoms with Crippen LogP contribution in [-0.4, -0.2) is 74.1 Å². The van der Waals surface area contributed by atoms with E-state index in [1.54, 1.807) is 12.1 Å². The predicted molar refractivity (Wildman–Crippen MR) is 156 cm³/mol. The van der Waals surface area contributed by atoms with Crippen molar-refractivity contribution in [2.75, 3.05) is 26.6 Å². The van der Waals surface area contributed by atoms with Gasteiger partial charge in [-0.1, -0.05) is 58.1 Å². The molecule has 0 saturated carbocycles. The fraction of sp³-hybridized carbons (Fsp3) is 0.778. The lowest BCUT2D eigenvalue weighted by Crippen LogP contribution is -2.61. The maximum absolute atomic E-state index is 14.1. The first-order valence-corrected chi connectivity index (χ1v) is 21.6. The zero-order chi connectivity index (χ0) is 28.1. The van der Waals surface area contributed by atoms with Gasteiger partial charge in [0.15, 0.2) is 8.32 Å². The van der Waals surface area contributed by atoms with Gasteiger partial charge in [0, 0.05) is 21.3 Å². The van der Waals surface area contributed by atoms with Gasteiger partial charge in [0.2, 0.25) is 10.0 Å². The topological polar surface area (TPSA) is 74.3 Å². The zero-order valence-electron chi connectivity index (χ0n) is 24.8. The number of benzene rings is 1. The molecule has 1 aromatic rings. The SMILES string of the molecule is CCOC1CC[C@@H](O[Si](C)(C)C(C)(C)C)[C@H](COCOCC[Si](C)(C)C)N1S(=O)(=O)c1ccc(C)cc1. The Bertz CT molecular complexity index is 941. The molecule has 1 aliphatic rings. The Labute approximate surface area is 228 Å². The lowest BCUT2D eigenvalue weighted by atomic mass is 10.0. The predicted octanol–water partition coefficient (Wildman–Crippen LogP) is 6.23. The lowest BCUT2D eigenvalue weighted by Gasteiger charge is -2.48. The molecule has 10 heteroatoms. The van der Waals surface area contributed by atoms with Crippen molar-refractivity contribution in [3.8, 4) is 0 Å². The van der Waals surface area contributed by atoms with Gasteiger partial charge >= 0.3 is 0 Å². The molecule has 0 spiro atoms. The molecule has 1 heterocycles. The van der Waals surface area contributed by atoms with E-state index in [-0.39, 0.29) is 29.4 Å². The van der Waals surface area contributed by atoms with E-state index < -0.39 is 38.7 Å². The number of ether oxygens (including phenoxy) is 3. The zero-order valence-corrected chi connectivity index (χ0v) is 27.6. The van der Waals surface area contributed by atoms with E-state index in [4.69, 9.17) is 18.6 Å². The minimum atomic E-state index is -3.86. The third-order valence-corrected chi connectivity index (χ3v) is 15.5. The van der Waals surface area contributed by atoms with Crippen LogP contribution < -0.4 is 0 Å². The van der Waals surface area contributed by atoms with Crippen molar-refractivity contribution in [3.05, 3.63) is 29.8 Å². The normalized spacial score (nSPS) is 22.4. The molecule has 1 unspecified atom stereocenters. The molecule has 2 rings (SSSR count). The maximum Gasteiger partial charge on any atom is 0.245 e. The summed E-state index contributed by atoms with van der Waals surface area (Å²) in [5.74, 6) is 0. The summed E-state index contributed by atoms with van der Waals surface area (Å²) < 4.78 is 54.3. The molecule has 1 aromatic carbocycles. The van der Waals surface area contributed by atoms with Crippen molar-refractivity contribution in [2.45, 2.75) is 115 Å². The maximum atomic E-state index is 14.1. The molecule has 0 bridgehead atoms. The number of piperidine rings is 1. The molecule has 37 heavy (non-hydrogen) atoms. The van der Waals surface area contributed by atoms with Gasteiger partial charge in [-0.25, -0.2) is 8.42 Å². The van der Waals surface area contributed by atoms with Crippen molar-refractivity contribution in [1.82, 2.24) is 4.31 Å². The molecule has 3 atom stereocenters. The van der Waals surface area contributed by atoms with Crippen LogP contribution in [0.15, 0.2) is 29.2 Å². The van der Waals surface area contributed by atoms with Crippen LogP contribution in [0.4, 0.5) is 0 Å². The number of sulfonamides is 1. The van der Waals surface area contributed by atoms with Crippen molar-refractivity contribution in [1.29, 1.82) is 0 Å². The molecule has 0 radical (unpaired) electrons. The average Bonchev–Trinajstić information content (AvgIpc) is 2.76. The summed E-state index contributed by atoms with van der Waals surface area (Å²) in [5.41, 5.74) is 1.01. The highest BCUT2D eigenvalue weighted by Gasteiger charge is 2.49. The molecule has 1 saturated heterocycles. The summed E-state index contributed by atoms with van der Waals surface area (Å²) >= 11 is 0. The Kier molecular flexibility index (Phi) is 11.6. The standard InChI is InChI=1S/C27H51NO6SSi2/c1-11-33-26-17-16-25(34-37(9,10)27(3,4)5)24(20-32-21-31-18-19-36(6,7)8)28(26)35(29,30)23-14-12-22(2)13-15-23/h12-15,24-26H,11,16-21H2,1-10H3/t24-,25+,26?/m0/s1. The molecule has 1 aliphatic heterocycles. The molecule has 0 amide bonds. The Morgan fingerprint density at radius 3 is 2.16 bits per heavy atom. The fourth-order valence-electron chi connectivity index (χ4n) is 4.06. The first-order valence-electron chi connectivity index (χ1n) is 13.5. The van der Waals surface area contributed by atoms with E-state index in [9.17, 15) is 8.42 Å². The van der Waals surface area contributed by atoms with Gasteiger partial charge in [0.25, 0.3) is 0 Å². The first-order chi connectivity index (χ1) is 17.0. The van der Waals surface area contributed by atoms with Crippen molar-refractivity contribution in [3.63, 3.8) is 0 Å². The smallest absolute Gasteiger partial charge is 0.245 e. The number of hydrogen-bond acceptors (Lipinski definition) is 6. The van der Waals surface area contributed by atoms with E-state index in [2.05, 4.69) is 53.5 Å². The number of aryl methyl sites for hydroxylation is 1. The second-order valence-corrected chi connectivity index (χ2v) is 25.0. The molecular formula is C27H51NO6SSi2. The highest BCUT2D eigenvalue weighted by Crippen LogP contribution is 2.41. The lowest BCUT2D eigenvalue weighted by molar-refractivity contribution is -0.124.